The zero-order valence-electron chi connectivity index (χ0n) is 19.0. The summed E-state index contributed by atoms with van der Waals surface area (Å²) in [6.07, 6.45) is -0.724. The molecule has 4 heterocycles. The first-order chi connectivity index (χ1) is 15.7. The molecule has 172 valence electrons. The number of aliphatic hydroxyl groups is 1. The van der Waals surface area contributed by atoms with Crippen LogP contribution in [-0.4, -0.2) is 35.0 Å². The lowest BCUT2D eigenvalue weighted by molar-refractivity contribution is -0.178. The van der Waals surface area contributed by atoms with E-state index < -0.39 is 25.7 Å². The van der Waals surface area contributed by atoms with Crippen LogP contribution in [0, 0.1) is 0 Å². The summed E-state index contributed by atoms with van der Waals surface area (Å²) < 4.78 is 20.7. The van der Waals surface area contributed by atoms with Crippen LogP contribution < -0.4 is 5.56 Å². The highest BCUT2D eigenvalue weighted by Gasteiger charge is 2.49. The summed E-state index contributed by atoms with van der Waals surface area (Å²) in [5.41, 5.74) is 1.45. The number of rotatable bonds is 5. The van der Waals surface area contributed by atoms with Gasteiger partial charge in [0.25, 0.3) is 5.56 Å². The number of esters is 1. The predicted octanol–water partition coefficient (Wildman–Crippen LogP) is 4.23. The summed E-state index contributed by atoms with van der Waals surface area (Å²) in [5, 5.41) is 12.3. The minimum Gasteiger partial charge on any atom is -0.455 e. The molecule has 2 atom stereocenters. The average molecular weight is 467 g/mol. The molecule has 0 fully saturated rings. The Hall–Kier alpha value is -2.84. The maximum Gasteiger partial charge on any atom is 0.343 e. The Balaban J connectivity index is 1.69. The van der Waals surface area contributed by atoms with Crippen molar-refractivity contribution in [3.8, 4) is 11.4 Å². The predicted molar refractivity (Wildman–Crippen MR) is 126 cm³/mol. The minimum absolute atomic E-state index is 0.0805. The molecule has 33 heavy (non-hydrogen) atoms. The molecule has 0 saturated carbocycles. The third-order valence-corrected chi connectivity index (χ3v) is 9.39. The molecular formula is C25H27FN2O4Si. The van der Waals surface area contributed by atoms with E-state index in [0.29, 0.717) is 41.5 Å². The first-order valence-corrected chi connectivity index (χ1v) is 14.8. The smallest absolute Gasteiger partial charge is 0.343 e. The summed E-state index contributed by atoms with van der Waals surface area (Å²) in [7, 11) is -2.11. The van der Waals surface area contributed by atoms with Crippen LogP contribution in [0.1, 0.15) is 42.6 Å². The largest absolute Gasteiger partial charge is 0.455 e. The third kappa shape index (κ3) is 3.35. The zero-order valence-corrected chi connectivity index (χ0v) is 20.0. The molecule has 1 N–H and O–H groups in total. The molecule has 8 heteroatoms. The fourth-order valence-electron chi connectivity index (χ4n) is 4.86. The number of fused-ring (bicyclic) bond motifs is 5. The number of hydrogen-bond acceptors (Lipinski definition) is 5. The molecule has 0 aliphatic carbocycles. The van der Waals surface area contributed by atoms with E-state index in [9.17, 15) is 19.1 Å². The Kier molecular flexibility index (Phi) is 5.06. The van der Waals surface area contributed by atoms with Crippen LogP contribution in [0.25, 0.3) is 22.3 Å². The van der Waals surface area contributed by atoms with Crippen molar-refractivity contribution in [3.63, 3.8) is 0 Å². The van der Waals surface area contributed by atoms with Crippen molar-refractivity contribution >= 4 is 24.9 Å². The number of carbonyl (C=O) groups is 1. The van der Waals surface area contributed by atoms with Crippen LogP contribution in [0.3, 0.4) is 0 Å². The molecule has 5 rings (SSSR count). The number of halogens is 1. The molecule has 0 radical (unpaired) electrons. The number of alkyl halides is 1. The fraction of sp³-hybridized carbons (Fsp3) is 0.400. The van der Waals surface area contributed by atoms with Crippen molar-refractivity contribution < 1.29 is 19.0 Å². The first kappa shape index (κ1) is 22.0. The second-order valence-corrected chi connectivity index (χ2v) is 15.0. The second-order valence-electron chi connectivity index (χ2n) is 9.88. The van der Waals surface area contributed by atoms with Gasteiger partial charge in [-0.1, -0.05) is 44.3 Å². The lowest BCUT2D eigenvalue weighted by Gasteiger charge is -2.36. The molecule has 2 aliphatic heterocycles. The van der Waals surface area contributed by atoms with Gasteiger partial charge in [-0.15, -0.1) is 0 Å². The lowest BCUT2D eigenvalue weighted by atomic mass is 9.83. The average Bonchev–Trinajstić information content (AvgIpc) is 3.17. The molecular weight excluding hydrogens is 439 g/mol. The van der Waals surface area contributed by atoms with Crippen molar-refractivity contribution in [1.82, 2.24) is 9.55 Å². The topological polar surface area (TPSA) is 81.4 Å². The standard InChI is InChI=1S/C25H27FN2O4Si/c1-4-25(31)17-12-19-22-16(11-15-7-5-6-8-18(15)27-22)13-28(19)23(29)21(17)20(32-24(25)30)9-10-33(2,3)14-26/h5-8,11-12,20,31H,4,9-10,13-14H2,1-3H3/t20?,25-/m0/s1. The Morgan fingerprint density at radius 2 is 2.03 bits per heavy atom. The third-order valence-electron chi connectivity index (χ3n) is 7.02. The Bertz CT molecular complexity index is 1350. The van der Waals surface area contributed by atoms with E-state index in [1.54, 1.807) is 17.6 Å². The number of pyridine rings is 2. The maximum absolute atomic E-state index is 13.8. The highest BCUT2D eigenvalue weighted by molar-refractivity contribution is 6.77. The molecule has 1 unspecified atom stereocenters. The molecule has 0 amide bonds. The van der Waals surface area contributed by atoms with E-state index >= 15 is 0 Å². The first-order valence-electron chi connectivity index (χ1n) is 11.3. The van der Waals surface area contributed by atoms with E-state index in [1.165, 1.54) is 0 Å². The van der Waals surface area contributed by atoms with Gasteiger partial charge in [0.15, 0.2) is 5.60 Å². The van der Waals surface area contributed by atoms with Gasteiger partial charge in [0.1, 0.15) is 6.10 Å². The molecule has 2 aromatic heterocycles. The highest BCUT2D eigenvalue weighted by atomic mass is 28.3. The number of benzene rings is 1. The van der Waals surface area contributed by atoms with Gasteiger partial charge in [0.2, 0.25) is 0 Å². The van der Waals surface area contributed by atoms with Crippen LogP contribution in [0.15, 0.2) is 41.2 Å². The van der Waals surface area contributed by atoms with Gasteiger partial charge in [-0.2, -0.15) is 0 Å². The van der Waals surface area contributed by atoms with Crippen molar-refractivity contribution in [1.29, 1.82) is 0 Å². The Labute approximate surface area is 192 Å². The molecule has 3 aromatic rings. The van der Waals surface area contributed by atoms with Crippen LogP contribution in [0.5, 0.6) is 0 Å². The SMILES string of the molecule is CC[C@@]1(O)C(=O)OC(CC[Si](C)(C)CF)c2c1cc1n(c2=O)Cc2cc3ccccc3nc2-1. The van der Waals surface area contributed by atoms with E-state index in [1.807, 2.05) is 43.4 Å². The van der Waals surface area contributed by atoms with Gasteiger partial charge in [-0.05, 0) is 31.0 Å². The number of nitrogens with zero attached hydrogens (tertiary/aromatic N) is 2. The summed E-state index contributed by atoms with van der Waals surface area (Å²) in [6.45, 7) is 5.92. The van der Waals surface area contributed by atoms with E-state index in [4.69, 9.17) is 9.72 Å². The van der Waals surface area contributed by atoms with Gasteiger partial charge in [0.05, 0.1) is 43.4 Å². The van der Waals surface area contributed by atoms with Crippen molar-refractivity contribution in [2.45, 2.75) is 57.2 Å². The van der Waals surface area contributed by atoms with Crippen molar-refractivity contribution in [2.24, 2.45) is 0 Å². The van der Waals surface area contributed by atoms with E-state index in [0.717, 1.165) is 16.5 Å². The van der Waals surface area contributed by atoms with E-state index in [2.05, 4.69) is 0 Å². The molecule has 0 bridgehead atoms. The number of cyclic esters (lactones) is 1. The number of carbonyl (C=O) groups excluding carboxylic acids is 1. The summed E-state index contributed by atoms with van der Waals surface area (Å²) in [6, 6.07) is 12.1. The lowest BCUT2D eigenvalue weighted by Crippen LogP contribution is -2.46. The van der Waals surface area contributed by atoms with Crippen molar-refractivity contribution in [3.05, 3.63) is 63.4 Å². The van der Waals surface area contributed by atoms with Crippen LogP contribution in [0.2, 0.25) is 19.1 Å². The highest BCUT2D eigenvalue weighted by Crippen LogP contribution is 2.43. The van der Waals surface area contributed by atoms with Gasteiger partial charge < -0.3 is 14.4 Å². The summed E-state index contributed by atoms with van der Waals surface area (Å²) >= 11 is 0. The van der Waals surface area contributed by atoms with Crippen LogP contribution in [0.4, 0.5) is 4.39 Å². The molecule has 0 spiro atoms. The van der Waals surface area contributed by atoms with Gasteiger partial charge in [0, 0.05) is 16.5 Å². The number of hydrogen-bond donors (Lipinski definition) is 1. The fourth-order valence-corrected chi connectivity index (χ4v) is 6.04. The van der Waals surface area contributed by atoms with Gasteiger partial charge in [-0.3, -0.25) is 9.18 Å². The second kappa shape index (κ2) is 7.60. The van der Waals surface area contributed by atoms with Crippen LogP contribution in [-0.2, 0) is 21.7 Å². The summed E-state index contributed by atoms with van der Waals surface area (Å²) in [4.78, 5) is 31.4. The number of para-hydroxylation sites is 1. The summed E-state index contributed by atoms with van der Waals surface area (Å²) in [5.74, 6) is -0.753. The van der Waals surface area contributed by atoms with E-state index in [-0.39, 0.29) is 18.3 Å². The molecule has 2 aliphatic rings. The quantitative estimate of drug-likeness (QED) is 0.352. The maximum atomic E-state index is 13.8. The number of aromatic nitrogens is 2. The monoisotopic (exact) mass is 466 g/mol. The minimum atomic E-state index is -2.11. The molecule has 6 nitrogen and oxygen atoms in total. The van der Waals surface area contributed by atoms with Gasteiger partial charge in [-0.25, -0.2) is 9.78 Å². The van der Waals surface area contributed by atoms with Gasteiger partial charge >= 0.3 is 5.97 Å². The Morgan fingerprint density at radius 1 is 1.27 bits per heavy atom. The molecule has 0 saturated heterocycles. The number of ether oxygens (including phenoxy) is 1. The molecule has 1 aromatic carbocycles. The van der Waals surface area contributed by atoms with Crippen molar-refractivity contribution in [2.75, 3.05) is 6.30 Å². The van der Waals surface area contributed by atoms with Crippen LogP contribution >= 0.6 is 0 Å². The Morgan fingerprint density at radius 3 is 2.76 bits per heavy atom. The zero-order chi connectivity index (χ0) is 23.5. The normalized spacial score (nSPS) is 21.5.